The number of aromatic nitrogens is 3. The molecule has 0 unspecified atom stereocenters. The number of para-hydroxylation sites is 2. The van der Waals surface area contributed by atoms with Crippen LogP contribution in [0.3, 0.4) is 0 Å². The van der Waals surface area contributed by atoms with E-state index in [1.807, 2.05) is 30.3 Å². The van der Waals surface area contributed by atoms with Crippen molar-refractivity contribution < 1.29 is 0 Å². The van der Waals surface area contributed by atoms with Crippen molar-refractivity contribution in [3.63, 3.8) is 0 Å². The Morgan fingerprint density at radius 1 is 1.00 bits per heavy atom. The molecular weight excluding hydrogens is 328 g/mol. The molecule has 0 atom stereocenters. The fourth-order valence-corrected chi connectivity index (χ4v) is 3.51. The number of fused-ring (bicyclic) bond motifs is 2. The van der Waals surface area contributed by atoms with Crippen LogP contribution in [0.15, 0.2) is 42.5 Å². The average Bonchev–Trinajstić information content (AvgIpc) is 2.96. The third kappa shape index (κ3) is 2.73. The average molecular weight is 341 g/mol. The molecule has 23 heavy (non-hydrogen) atoms. The van der Waals surface area contributed by atoms with Crippen LogP contribution in [0.25, 0.3) is 21.3 Å². The molecule has 4 rings (SSSR count). The second kappa shape index (κ2) is 5.76. The van der Waals surface area contributed by atoms with Crippen molar-refractivity contribution in [3.8, 4) is 0 Å². The molecule has 114 valence electrons. The Labute approximate surface area is 142 Å². The monoisotopic (exact) mass is 340 g/mol. The van der Waals surface area contributed by atoms with Crippen molar-refractivity contribution in [2.45, 2.75) is 13.3 Å². The van der Waals surface area contributed by atoms with Crippen molar-refractivity contribution in [1.82, 2.24) is 15.0 Å². The summed E-state index contributed by atoms with van der Waals surface area (Å²) < 4.78 is 1.15. The number of halogens is 1. The van der Waals surface area contributed by atoms with Crippen LogP contribution in [0.2, 0.25) is 5.15 Å². The van der Waals surface area contributed by atoms with E-state index < -0.39 is 0 Å². The van der Waals surface area contributed by atoms with Gasteiger partial charge in [0, 0.05) is 0 Å². The molecule has 2 aromatic carbocycles. The van der Waals surface area contributed by atoms with Gasteiger partial charge in [0.2, 0.25) is 0 Å². The van der Waals surface area contributed by atoms with E-state index in [2.05, 4.69) is 39.3 Å². The topological polar surface area (TPSA) is 50.7 Å². The second-order valence-electron chi connectivity index (χ2n) is 5.15. The number of benzene rings is 2. The Morgan fingerprint density at radius 3 is 2.57 bits per heavy atom. The molecule has 2 aromatic heterocycles. The zero-order valence-corrected chi connectivity index (χ0v) is 13.9. The van der Waals surface area contributed by atoms with Crippen LogP contribution in [0, 0.1) is 0 Å². The highest BCUT2D eigenvalue weighted by Crippen LogP contribution is 2.31. The number of aryl methyl sites for hydroxylation is 1. The lowest BCUT2D eigenvalue weighted by molar-refractivity contribution is 1.15. The number of nitrogens with zero attached hydrogens (tertiary/aromatic N) is 3. The molecule has 2 heterocycles. The molecule has 0 fully saturated rings. The first kappa shape index (κ1) is 14.4. The Bertz CT molecular complexity index is 1010. The molecule has 0 aliphatic heterocycles. The van der Waals surface area contributed by atoms with Gasteiger partial charge in [-0.1, -0.05) is 48.1 Å². The third-order valence-corrected chi connectivity index (χ3v) is 4.81. The van der Waals surface area contributed by atoms with Gasteiger partial charge in [0.1, 0.15) is 0 Å². The number of thiazole rings is 1. The van der Waals surface area contributed by atoms with Crippen LogP contribution in [-0.4, -0.2) is 15.0 Å². The van der Waals surface area contributed by atoms with Crippen molar-refractivity contribution in [1.29, 1.82) is 0 Å². The SMILES string of the molecule is CCc1ccc2nc(Nc3nc4ccccc4nc3Cl)sc2c1. The smallest absolute Gasteiger partial charge is 0.189 e. The van der Waals surface area contributed by atoms with E-state index in [9.17, 15) is 0 Å². The third-order valence-electron chi connectivity index (χ3n) is 3.61. The van der Waals surface area contributed by atoms with Crippen LogP contribution in [0.4, 0.5) is 10.9 Å². The Balaban J connectivity index is 1.73. The maximum Gasteiger partial charge on any atom is 0.189 e. The van der Waals surface area contributed by atoms with E-state index in [0.29, 0.717) is 11.0 Å². The van der Waals surface area contributed by atoms with Crippen molar-refractivity contribution in [2.24, 2.45) is 0 Å². The lowest BCUT2D eigenvalue weighted by Crippen LogP contribution is -1.96. The van der Waals surface area contributed by atoms with Gasteiger partial charge in [0.25, 0.3) is 0 Å². The molecule has 0 spiro atoms. The maximum absolute atomic E-state index is 6.24. The van der Waals surface area contributed by atoms with Gasteiger partial charge in [0.15, 0.2) is 16.1 Å². The summed E-state index contributed by atoms with van der Waals surface area (Å²) in [7, 11) is 0. The molecule has 1 N–H and O–H groups in total. The van der Waals surface area contributed by atoms with Crippen molar-refractivity contribution >= 4 is 55.1 Å². The molecule has 0 bridgehead atoms. The minimum Gasteiger partial charge on any atom is -0.314 e. The number of hydrogen-bond donors (Lipinski definition) is 1. The summed E-state index contributed by atoms with van der Waals surface area (Å²) in [5, 5.41) is 4.30. The molecule has 0 aliphatic carbocycles. The molecular formula is C17H13ClN4S. The Kier molecular flexibility index (Phi) is 3.59. The van der Waals surface area contributed by atoms with Crippen molar-refractivity contribution in [2.75, 3.05) is 5.32 Å². The van der Waals surface area contributed by atoms with Gasteiger partial charge in [-0.15, -0.1) is 0 Å². The van der Waals surface area contributed by atoms with Gasteiger partial charge in [-0.3, -0.25) is 0 Å². The standard InChI is InChI=1S/C17H13ClN4S/c1-2-10-7-8-13-14(9-10)23-17(21-13)22-16-15(18)19-11-5-3-4-6-12(11)20-16/h3-9H,2H2,1H3,(H,20,21,22). The first-order valence-corrected chi connectivity index (χ1v) is 8.51. The van der Waals surface area contributed by atoms with Crippen molar-refractivity contribution in [3.05, 3.63) is 53.2 Å². The van der Waals surface area contributed by atoms with E-state index in [-0.39, 0.29) is 0 Å². The number of anilines is 2. The lowest BCUT2D eigenvalue weighted by atomic mass is 10.2. The minimum atomic E-state index is 0.345. The normalized spacial score (nSPS) is 11.2. The predicted octanol–water partition coefficient (Wildman–Crippen LogP) is 5.20. The molecule has 0 radical (unpaired) electrons. The molecule has 0 aliphatic rings. The highest BCUT2D eigenvalue weighted by molar-refractivity contribution is 7.22. The largest absolute Gasteiger partial charge is 0.314 e. The zero-order valence-electron chi connectivity index (χ0n) is 12.4. The van der Waals surface area contributed by atoms with E-state index in [1.165, 1.54) is 5.56 Å². The van der Waals surface area contributed by atoms with Gasteiger partial charge in [-0.05, 0) is 36.2 Å². The predicted molar refractivity (Wildman–Crippen MR) is 96.8 cm³/mol. The summed E-state index contributed by atoms with van der Waals surface area (Å²) in [5.74, 6) is 0.528. The van der Waals surface area contributed by atoms with Gasteiger partial charge >= 0.3 is 0 Å². The van der Waals surface area contributed by atoms with E-state index in [4.69, 9.17) is 11.6 Å². The Morgan fingerprint density at radius 2 is 1.78 bits per heavy atom. The fraction of sp³-hybridized carbons (Fsp3) is 0.118. The Hall–Kier alpha value is -2.24. The number of rotatable bonds is 3. The summed E-state index contributed by atoms with van der Waals surface area (Å²) in [5.41, 5.74) is 3.85. The van der Waals surface area contributed by atoms with Crippen LogP contribution in [-0.2, 0) is 6.42 Å². The van der Waals surface area contributed by atoms with Crippen LogP contribution < -0.4 is 5.32 Å². The molecule has 0 saturated heterocycles. The molecule has 4 nitrogen and oxygen atoms in total. The summed E-state index contributed by atoms with van der Waals surface area (Å²) in [6.45, 7) is 2.14. The van der Waals surface area contributed by atoms with Gasteiger partial charge in [-0.2, -0.15) is 0 Å². The minimum absolute atomic E-state index is 0.345. The summed E-state index contributed by atoms with van der Waals surface area (Å²) in [6.07, 6.45) is 1.01. The molecule has 6 heteroatoms. The van der Waals surface area contributed by atoms with Crippen LogP contribution in [0.1, 0.15) is 12.5 Å². The first-order valence-electron chi connectivity index (χ1n) is 7.31. The number of nitrogens with one attached hydrogen (secondary N) is 1. The van der Waals surface area contributed by atoms with E-state index in [0.717, 1.165) is 32.8 Å². The highest BCUT2D eigenvalue weighted by Gasteiger charge is 2.10. The van der Waals surface area contributed by atoms with Gasteiger partial charge in [0.05, 0.1) is 21.3 Å². The summed E-state index contributed by atoms with van der Waals surface area (Å²) in [6, 6.07) is 14.0. The lowest BCUT2D eigenvalue weighted by Gasteiger charge is -2.05. The highest BCUT2D eigenvalue weighted by atomic mass is 35.5. The van der Waals surface area contributed by atoms with E-state index >= 15 is 0 Å². The summed E-state index contributed by atoms with van der Waals surface area (Å²) >= 11 is 7.83. The molecule has 4 aromatic rings. The van der Waals surface area contributed by atoms with Crippen LogP contribution >= 0.6 is 22.9 Å². The zero-order chi connectivity index (χ0) is 15.8. The maximum atomic E-state index is 6.24. The molecule has 0 amide bonds. The summed E-state index contributed by atoms with van der Waals surface area (Å²) in [4.78, 5) is 13.5. The van der Waals surface area contributed by atoms with Gasteiger partial charge in [-0.25, -0.2) is 15.0 Å². The van der Waals surface area contributed by atoms with Crippen LogP contribution in [0.5, 0.6) is 0 Å². The van der Waals surface area contributed by atoms with Gasteiger partial charge < -0.3 is 5.32 Å². The second-order valence-corrected chi connectivity index (χ2v) is 6.54. The first-order chi connectivity index (χ1) is 11.2. The van der Waals surface area contributed by atoms with E-state index in [1.54, 1.807) is 11.3 Å². The fourth-order valence-electron chi connectivity index (χ4n) is 2.40. The quantitative estimate of drug-likeness (QED) is 0.557. The number of hydrogen-bond acceptors (Lipinski definition) is 5. The molecule has 0 saturated carbocycles.